The quantitative estimate of drug-likeness (QED) is 0.580. The van der Waals surface area contributed by atoms with Crippen LogP contribution in [-0.4, -0.2) is 23.0 Å². The number of hydrogen-bond donors (Lipinski definition) is 1. The average Bonchev–Trinajstić information content (AvgIpc) is 3.06. The first kappa shape index (κ1) is 20.5. The molecule has 0 aliphatic carbocycles. The molecule has 0 radical (unpaired) electrons. The number of hydrogen-bond acceptors (Lipinski definition) is 6. The van der Waals surface area contributed by atoms with E-state index in [4.69, 9.17) is 9.47 Å². The van der Waals surface area contributed by atoms with Crippen molar-refractivity contribution in [1.82, 2.24) is 4.98 Å². The van der Waals surface area contributed by atoms with Gasteiger partial charge in [-0.3, -0.25) is 4.79 Å². The van der Waals surface area contributed by atoms with Gasteiger partial charge in [0, 0.05) is 5.69 Å². The van der Waals surface area contributed by atoms with E-state index in [9.17, 15) is 9.59 Å². The predicted molar refractivity (Wildman–Crippen MR) is 112 cm³/mol. The summed E-state index contributed by atoms with van der Waals surface area (Å²) in [5, 5.41) is 3.51. The molecule has 0 spiro atoms. The number of nitrogens with zero attached hydrogens (tertiary/aromatic N) is 1. The van der Waals surface area contributed by atoms with Crippen molar-refractivity contribution in [2.45, 2.75) is 33.5 Å². The minimum absolute atomic E-state index is 0.407. The fourth-order valence-electron chi connectivity index (χ4n) is 2.61. The van der Waals surface area contributed by atoms with Gasteiger partial charge in [0.1, 0.15) is 17.2 Å². The van der Waals surface area contributed by atoms with Crippen molar-refractivity contribution < 1.29 is 19.1 Å². The molecule has 7 heteroatoms. The highest BCUT2D eigenvalue weighted by Gasteiger charge is 2.22. The number of aryl methyl sites for hydroxylation is 2. The minimum atomic E-state index is -0.932. The van der Waals surface area contributed by atoms with E-state index in [0.717, 1.165) is 10.6 Å². The summed E-state index contributed by atoms with van der Waals surface area (Å²) < 4.78 is 11.0. The molecule has 0 saturated heterocycles. The molecule has 1 atom stereocenters. The summed E-state index contributed by atoms with van der Waals surface area (Å²) in [4.78, 5) is 29.2. The second-order valence-corrected chi connectivity index (χ2v) is 7.69. The third kappa shape index (κ3) is 5.65. The lowest BCUT2D eigenvalue weighted by Gasteiger charge is -2.13. The number of benzene rings is 2. The standard InChI is InChI=1S/C22H22N2O4S/c1-14-20(29-16(3)23-14)22(26)28-15(2)21(25)24-18-9-11-19(12-10-18)27-13-17-7-5-4-6-8-17/h4-12,15H,13H2,1-3H3,(H,24,25)/t15-/m0/s1. The molecule has 0 aliphatic heterocycles. The van der Waals surface area contributed by atoms with Gasteiger partial charge in [-0.15, -0.1) is 11.3 Å². The molecule has 0 unspecified atom stereocenters. The highest BCUT2D eigenvalue weighted by Crippen LogP contribution is 2.20. The summed E-state index contributed by atoms with van der Waals surface area (Å²) in [6, 6.07) is 16.9. The first-order valence-electron chi connectivity index (χ1n) is 9.15. The monoisotopic (exact) mass is 410 g/mol. The number of esters is 1. The normalized spacial score (nSPS) is 11.6. The number of rotatable bonds is 7. The van der Waals surface area contributed by atoms with Crippen LogP contribution in [0.1, 0.15) is 32.9 Å². The molecule has 1 heterocycles. The summed E-state index contributed by atoms with van der Waals surface area (Å²) in [6.45, 7) is 5.56. The number of aromatic nitrogens is 1. The van der Waals surface area contributed by atoms with Crippen molar-refractivity contribution in [3.05, 3.63) is 75.7 Å². The molecule has 3 rings (SSSR count). The maximum Gasteiger partial charge on any atom is 0.351 e. The van der Waals surface area contributed by atoms with Gasteiger partial charge in [-0.1, -0.05) is 30.3 Å². The fraction of sp³-hybridized carbons (Fsp3) is 0.227. The van der Waals surface area contributed by atoms with E-state index in [1.807, 2.05) is 37.3 Å². The Morgan fingerprint density at radius 1 is 1.07 bits per heavy atom. The molecule has 1 aromatic heterocycles. The maximum absolute atomic E-state index is 12.3. The Bertz CT molecular complexity index is 984. The van der Waals surface area contributed by atoms with Crippen LogP contribution in [0.5, 0.6) is 5.75 Å². The van der Waals surface area contributed by atoms with E-state index in [1.54, 1.807) is 31.2 Å². The van der Waals surface area contributed by atoms with Crippen LogP contribution in [0.15, 0.2) is 54.6 Å². The Balaban J connectivity index is 1.51. The average molecular weight is 410 g/mol. The Kier molecular flexibility index (Phi) is 6.61. The predicted octanol–water partition coefficient (Wildman–Crippen LogP) is 4.52. The number of nitrogens with one attached hydrogen (secondary N) is 1. The van der Waals surface area contributed by atoms with Crippen LogP contribution in [0.4, 0.5) is 5.69 Å². The largest absolute Gasteiger partial charge is 0.489 e. The van der Waals surface area contributed by atoms with E-state index in [2.05, 4.69) is 10.3 Å². The minimum Gasteiger partial charge on any atom is -0.489 e. The third-order valence-corrected chi connectivity index (χ3v) is 5.17. The number of anilines is 1. The molecule has 0 aliphatic rings. The van der Waals surface area contributed by atoms with Gasteiger partial charge in [-0.05, 0) is 50.6 Å². The SMILES string of the molecule is Cc1nc(C)c(C(=O)O[C@@H](C)C(=O)Nc2ccc(OCc3ccccc3)cc2)s1. The van der Waals surface area contributed by atoms with Crippen molar-refractivity contribution in [1.29, 1.82) is 0 Å². The van der Waals surface area contributed by atoms with E-state index < -0.39 is 18.0 Å². The number of thiazole rings is 1. The van der Waals surface area contributed by atoms with Crippen molar-refractivity contribution in [2.24, 2.45) is 0 Å². The van der Waals surface area contributed by atoms with Crippen molar-refractivity contribution in [3.63, 3.8) is 0 Å². The van der Waals surface area contributed by atoms with Gasteiger partial charge in [-0.25, -0.2) is 9.78 Å². The lowest BCUT2D eigenvalue weighted by Crippen LogP contribution is -2.29. The first-order valence-corrected chi connectivity index (χ1v) is 9.96. The van der Waals surface area contributed by atoms with Gasteiger partial charge < -0.3 is 14.8 Å². The lowest BCUT2D eigenvalue weighted by atomic mass is 10.2. The molecule has 0 fully saturated rings. The zero-order valence-electron chi connectivity index (χ0n) is 16.5. The molecule has 2 aromatic carbocycles. The second-order valence-electron chi connectivity index (χ2n) is 6.48. The van der Waals surface area contributed by atoms with Crippen molar-refractivity contribution >= 4 is 28.9 Å². The Morgan fingerprint density at radius 3 is 2.38 bits per heavy atom. The van der Waals surface area contributed by atoms with Gasteiger partial charge in [0.15, 0.2) is 6.10 Å². The zero-order valence-corrected chi connectivity index (χ0v) is 17.3. The Labute approximate surface area is 173 Å². The second kappa shape index (κ2) is 9.34. The van der Waals surface area contributed by atoms with Gasteiger partial charge in [0.05, 0.1) is 10.7 Å². The topological polar surface area (TPSA) is 77.5 Å². The highest BCUT2D eigenvalue weighted by atomic mass is 32.1. The summed E-state index contributed by atoms with van der Waals surface area (Å²) in [7, 11) is 0. The van der Waals surface area contributed by atoms with Gasteiger partial charge in [-0.2, -0.15) is 0 Å². The van der Waals surface area contributed by atoms with E-state index in [0.29, 0.717) is 28.6 Å². The number of carbonyl (C=O) groups excluding carboxylic acids is 2. The molecule has 29 heavy (non-hydrogen) atoms. The molecule has 0 bridgehead atoms. The van der Waals surface area contributed by atoms with Crippen LogP contribution in [0.25, 0.3) is 0 Å². The van der Waals surface area contributed by atoms with Crippen molar-refractivity contribution in [2.75, 3.05) is 5.32 Å². The molecule has 3 aromatic rings. The molecule has 1 N–H and O–H groups in total. The molecule has 6 nitrogen and oxygen atoms in total. The molecule has 0 saturated carbocycles. The summed E-state index contributed by atoms with van der Waals surface area (Å²) in [5.74, 6) is -0.252. The van der Waals surface area contributed by atoms with Crippen LogP contribution in [-0.2, 0) is 16.1 Å². The number of ether oxygens (including phenoxy) is 2. The lowest BCUT2D eigenvalue weighted by molar-refractivity contribution is -0.123. The van der Waals surface area contributed by atoms with E-state index >= 15 is 0 Å². The van der Waals surface area contributed by atoms with Crippen LogP contribution in [0.3, 0.4) is 0 Å². The van der Waals surface area contributed by atoms with Gasteiger partial charge in [0.25, 0.3) is 5.91 Å². The van der Waals surface area contributed by atoms with Gasteiger partial charge in [0.2, 0.25) is 0 Å². The molecular formula is C22H22N2O4S. The first-order chi connectivity index (χ1) is 13.9. The molecular weight excluding hydrogens is 388 g/mol. The smallest absolute Gasteiger partial charge is 0.351 e. The van der Waals surface area contributed by atoms with Crippen LogP contribution in [0.2, 0.25) is 0 Å². The van der Waals surface area contributed by atoms with E-state index in [-0.39, 0.29) is 0 Å². The number of carbonyl (C=O) groups is 2. The highest BCUT2D eigenvalue weighted by molar-refractivity contribution is 7.13. The van der Waals surface area contributed by atoms with Crippen LogP contribution in [0, 0.1) is 13.8 Å². The summed E-state index contributed by atoms with van der Waals surface area (Å²) >= 11 is 1.25. The summed E-state index contributed by atoms with van der Waals surface area (Å²) in [6.07, 6.45) is -0.932. The van der Waals surface area contributed by atoms with Crippen LogP contribution < -0.4 is 10.1 Å². The summed E-state index contributed by atoms with van der Waals surface area (Å²) in [5.41, 5.74) is 2.28. The fourth-order valence-corrected chi connectivity index (χ4v) is 3.41. The van der Waals surface area contributed by atoms with E-state index in [1.165, 1.54) is 18.3 Å². The molecule has 150 valence electrons. The molecule has 1 amide bonds. The zero-order chi connectivity index (χ0) is 20.8. The van der Waals surface area contributed by atoms with Gasteiger partial charge >= 0.3 is 5.97 Å². The van der Waals surface area contributed by atoms with Crippen molar-refractivity contribution in [3.8, 4) is 5.75 Å². The number of amides is 1. The maximum atomic E-state index is 12.3. The Hall–Kier alpha value is -3.19. The third-order valence-electron chi connectivity index (χ3n) is 4.11. The van der Waals surface area contributed by atoms with Crippen LogP contribution >= 0.6 is 11.3 Å². The Morgan fingerprint density at radius 2 is 1.76 bits per heavy atom.